The van der Waals surface area contributed by atoms with Crippen molar-refractivity contribution in [3.63, 3.8) is 0 Å². The molecule has 2 aliphatic rings. The average Bonchev–Trinajstić information content (AvgIpc) is 3.35. The zero-order valence-corrected chi connectivity index (χ0v) is 19.0. The van der Waals surface area contributed by atoms with Gasteiger partial charge in [0.2, 0.25) is 6.79 Å². The average molecular weight is 447 g/mol. The van der Waals surface area contributed by atoms with E-state index in [4.69, 9.17) is 18.9 Å². The first-order valence-electron chi connectivity index (χ1n) is 11.5. The van der Waals surface area contributed by atoms with E-state index in [0.29, 0.717) is 6.61 Å². The molecule has 3 aromatic carbocycles. The lowest BCUT2D eigenvalue weighted by Gasteiger charge is -2.36. The molecule has 33 heavy (non-hydrogen) atoms. The van der Waals surface area contributed by atoms with Crippen LogP contribution in [0.25, 0.3) is 0 Å². The van der Waals surface area contributed by atoms with Gasteiger partial charge in [-0.05, 0) is 41.8 Å². The highest BCUT2D eigenvalue weighted by Crippen LogP contribution is 2.35. The highest BCUT2D eigenvalue weighted by molar-refractivity contribution is 5.58. The highest BCUT2D eigenvalue weighted by Gasteiger charge is 2.19. The molecule has 0 aromatic heterocycles. The van der Waals surface area contributed by atoms with Gasteiger partial charge in [0, 0.05) is 38.8 Å². The van der Waals surface area contributed by atoms with Gasteiger partial charge in [-0.2, -0.15) is 0 Å². The van der Waals surface area contributed by atoms with E-state index < -0.39 is 0 Å². The van der Waals surface area contributed by atoms with Crippen molar-refractivity contribution >= 4 is 5.69 Å². The number of anilines is 1. The number of piperazine rings is 1. The smallest absolute Gasteiger partial charge is 0.231 e. The Balaban J connectivity index is 1.07. The van der Waals surface area contributed by atoms with Crippen molar-refractivity contribution in [3.8, 4) is 23.0 Å². The van der Waals surface area contributed by atoms with Crippen molar-refractivity contribution in [2.24, 2.45) is 0 Å². The first-order valence-corrected chi connectivity index (χ1v) is 11.5. The van der Waals surface area contributed by atoms with Crippen LogP contribution in [0.5, 0.6) is 23.0 Å². The second-order valence-electron chi connectivity index (χ2n) is 8.37. The molecule has 6 nitrogen and oxygen atoms in total. The van der Waals surface area contributed by atoms with Crippen LogP contribution < -0.4 is 23.8 Å². The van der Waals surface area contributed by atoms with Crippen LogP contribution in [-0.4, -0.2) is 51.5 Å². The van der Waals surface area contributed by atoms with Gasteiger partial charge in [-0.15, -0.1) is 0 Å². The second-order valence-corrected chi connectivity index (χ2v) is 8.37. The summed E-state index contributed by atoms with van der Waals surface area (Å²) in [7, 11) is 1.74. The Bertz CT molecular complexity index is 1060. The molecule has 172 valence electrons. The third-order valence-electron chi connectivity index (χ3n) is 6.29. The summed E-state index contributed by atoms with van der Waals surface area (Å²) in [6.07, 6.45) is 1.05. The fourth-order valence-corrected chi connectivity index (χ4v) is 4.33. The quantitative estimate of drug-likeness (QED) is 0.512. The fourth-order valence-electron chi connectivity index (χ4n) is 4.33. The molecule has 3 aromatic rings. The van der Waals surface area contributed by atoms with Gasteiger partial charge in [-0.25, -0.2) is 0 Å². The van der Waals surface area contributed by atoms with Gasteiger partial charge in [0.25, 0.3) is 0 Å². The summed E-state index contributed by atoms with van der Waals surface area (Å²) in [5, 5.41) is 0. The molecule has 0 N–H and O–H groups in total. The maximum atomic E-state index is 5.92. The van der Waals surface area contributed by atoms with Crippen molar-refractivity contribution in [1.82, 2.24) is 4.90 Å². The van der Waals surface area contributed by atoms with Crippen LogP contribution in [0.1, 0.15) is 11.1 Å². The number of nitrogens with zero attached hydrogens (tertiary/aromatic N) is 2. The Kier molecular flexibility index (Phi) is 6.53. The Morgan fingerprint density at radius 2 is 1.58 bits per heavy atom. The fraction of sp³-hybridized carbons (Fsp3) is 0.333. The maximum absolute atomic E-state index is 5.92. The van der Waals surface area contributed by atoms with E-state index in [9.17, 15) is 0 Å². The molecule has 0 bridgehead atoms. The normalized spacial score (nSPS) is 15.5. The van der Waals surface area contributed by atoms with Gasteiger partial charge >= 0.3 is 0 Å². The van der Waals surface area contributed by atoms with Crippen LogP contribution >= 0.6 is 0 Å². The third kappa shape index (κ3) is 5.17. The summed E-state index contributed by atoms with van der Waals surface area (Å²) in [6, 6.07) is 22.7. The minimum absolute atomic E-state index is 0.276. The Labute approximate surface area is 195 Å². The largest absolute Gasteiger partial charge is 0.495 e. The lowest BCUT2D eigenvalue weighted by atomic mass is 10.1. The van der Waals surface area contributed by atoms with E-state index in [0.717, 1.165) is 67.7 Å². The summed E-state index contributed by atoms with van der Waals surface area (Å²) < 4.78 is 22.2. The SMILES string of the molecule is COc1ccccc1N1CCN(CCc2ccc(COc3ccc4c(c3)OCO4)cc2)CC1. The Morgan fingerprint density at radius 1 is 0.818 bits per heavy atom. The van der Waals surface area contributed by atoms with Gasteiger partial charge in [0.05, 0.1) is 12.8 Å². The standard InChI is InChI=1S/C27H30N2O4/c1-30-25-5-3-2-4-24(25)29-16-14-28(15-17-29)13-12-21-6-8-22(9-7-21)19-31-23-10-11-26-27(18-23)33-20-32-26/h2-11,18H,12-17,19-20H2,1H3. The molecule has 1 saturated heterocycles. The molecule has 0 radical (unpaired) electrons. The van der Waals surface area contributed by atoms with Gasteiger partial charge in [-0.1, -0.05) is 36.4 Å². The van der Waals surface area contributed by atoms with E-state index in [1.54, 1.807) is 7.11 Å². The van der Waals surface area contributed by atoms with Crippen molar-refractivity contribution in [2.45, 2.75) is 13.0 Å². The first-order chi connectivity index (χ1) is 16.3. The van der Waals surface area contributed by atoms with Crippen molar-refractivity contribution in [1.29, 1.82) is 0 Å². The Morgan fingerprint density at radius 3 is 2.39 bits per heavy atom. The second kappa shape index (κ2) is 10.0. The lowest BCUT2D eigenvalue weighted by Crippen LogP contribution is -2.47. The summed E-state index contributed by atoms with van der Waals surface area (Å²) >= 11 is 0. The van der Waals surface area contributed by atoms with Crippen LogP contribution in [0.4, 0.5) is 5.69 Å². The van der Waals surface area contributed by atoms with Crippen LogP contribution in [0, 0.1) is 0 Å². The summed E-state index contributed by atoms with van der Waals surface area (Å²) in [5.74, 6) is 3.25. The van der Waals surface area contributed by atoms with Crippen molar-refractivity contribution in [2.75, 3.05) is 51.5 Å². The summed E-state index contributed by atoms with van der Waals surface area (Å²) in [6.45, 7) is 6.07. The molecule has 2 heterocycles. The van der Waals surface area contributed by atoms with Gasteiger partial charge in [0.1, 0.15) is 18.1 Å². The third-order valence-corrected chi connectivity index (χ3v) is 6.29. The predicted molar refractivity (Wildman–Crippen MR) is 129 cm³/mol. The summed E-state index contributed by atoms with van der Waals surface area (Å²) in [5.41, 5.74) is 3.70. The highest BCUT2D eigenvalue weighted by atomic mass is 16.7. The van der Waals surface area contributed by atoms with Crippen LogP contribution in [0.15, 0.2) is 66.7 Å². The molecular weight excluding hydrogens is 416 g/mol. The first kappa shape index (κ1) is 21.5. The molecule has 0 atom stereocenters. The maximum Gasteiger partial charge on any atom is 0.231 e. The van der Waals surface area contributed by atoms with E-state index in [1.165, 1.54) is 11.3 Å². The minimum Gasteiger partial charge on any atom is -0.495 e. The van der Waals surface area contributed by atoms with Gasteiger partial charge < -0.3 is 23.8 Å². The van der Waals surface area contributed by atoms with Gasteiger partial charge in [-0.3, -0.25) is 4.90 Å². The zero-order chi connectivity index (χ0) is 22.5. The molecule has 2 aliphatic heterocycles. The number of hydrogen-bond donors (Lipinski definition) is 0. The molecule has 0 amide bonds. The molecule has 1 fully saturated rings. The number of fused-ring (bicyclic) bond motifs is 1. The zero-order valence-electron chi connectivity index (χ0n) is 19.0. The number of para-hydroxylation sites is 2. The molecular formula is C27H30N2O4. The van der Waals surface area contributed by atoms with Crippen molar-refractivity contribution in [3.05, 3.63) is 77.9 Å². The number of rotatable bonds is 8. The Hall–Kier alpha value is -3.38. The molecule has 0 spiro atoms. The number of ether oxygens (including phenoxy) is 4. The van der Waals surface area contributed by atoms with Crippen LogP contribution in [0.3, 0.4) is 0 Å². The van der Waals surface area contributed by atoms with E-state index in [2.05, 4.69) is 46.2 Å². The van der Waals surface area contributed by atoms with E-state index in [-0.39, 0.29) is 6.79 Å². The number of methoxy groups -OCH3 is 1. The lowest BCUT2D eigenvalue weighted by molar-refractivity contribution is 0.173. The van der Waals surface area contributed by atoms with E-state index >= 15 is 0 Å². The molecule has 0 aliphatic carbocycles. The predicted octanol–water partition coefficient (Wildman–Crippen LogP) is 4.37. The van der Waals surface area contributed by atoms with Crippen LogP contribution in [-0.2, 0) is 13.0 Å². The number of benzene rings is 3. The van der Waals surface area contributed by atoms with Crippen LogP contribution in [0.2, 0.25) is 0 Å². The van der Waals surface area contributed by atoms with Crippen molar-refractivity contribution < 1.29 is 18.9 Å². The molecule has 0 unspecified atom stereocenters. The molecule has 6 heteroatoms. The molecule has 0 saturated carbocycles. The van der Waals surface area contributed by atoms with Gasteiger partial charge in [0.15, 0.2) is 11.5 Å². The summed E-state index contributed by atoms with van der Waals surface area (Å²) in [4.78, 5) is 4.97. The monoisotopic (exact) mass is 446 g/mol. The molecule has 5 rings (SSSR count). The minimum atomic E-state index is 0.276. The van der Waals surface area contributed by atoms with E-state index in [1.807, 2.05) is 30.3 Å². The topological polar surface area (TPSA) is 43.4 Å². The number of hydrogen-bond acceptors (Lipinski definition) is 6.